The molecule has 0 aliphatic carbocycles. The van der Waals surface area contributed by atoms with E-state index in [1.165, 1.54) is 65.0 Å². The van der Waals surface area contributed by atoms with Crippen molar-refractivity contribution in [1.29, 1.82) is 0 Å². The van der Waals surface area contributed by atoms with E-state index in [9.17, 15) is 0 Å². The summed E-state index contributed by atoms with van der Waals surface area (Å²) >= 11 is 0. The van der Waals surface area contributed by atoms with Crippen LogP contribution >= 0.6 is 0 Å². The summed E-state index contributed by atoms with van der Waals surface area (Å²) in [5, 5.41) is 3.55. The molecule has 4 fully saturated rings. The van der Waals surface area contributed by atoms with Crippen molar-refractivity contribution in [2.75, 3.05) is 39.3 Å². The van der Waals surface area contributed by atoms with Gasteiger partial charge in [-0.3, -0.25) is 4.90 Å². The van der Waals surface area contributed by atoms with Crippen molar-refractivity contribution in [1.82, 2.24) is 15.1 Å². The maximum atomic E-state index is 3.55. The van der Waals surface area contributed by atoms with Crippen molar-refractivity contribution in [3.05, 3.63) is 0 Å². The Morgan fingerprint density at radius 2 is 1.59 bits per heavy atom. The van der Waals surface area contributed by atoms with E-state index in [0.29, 0.717) is 0 Å². The van der Waals surface area contributed by atoms with Gasteiger partial charge in [0.05, 0.1) is 0 Å². The van der Waals surface area contributed by atoms with E-state index < -0.39 is 0 Å². The molecule has 0 amide bonds. The number of piperidine rings is 1. The first kappa shape index (κ1) is 10.8. The summed E-state index contributed by atoms with van der Waals surface area (Å²) in [6.45, 7) is 8.09. The van der Waals surface area contributed by atoms with Crippen LogP contribution in [0.4, 0.5) is 0 Å². The van der Waals surface area contributed by atoms with Crippen molar-refractivity contribution in [3.63, 3.8) is 0 Å². The summed E-state index contributed by atoms with van der Waals surface area (Å²) in [5.41, 5.74) is 0. The first-order valence-corrected chi connectivity index (χ1v) is 7.59. The van der Waals surface area contributed by atoms with Gasteiger partial charge in [0, 0.05) is 25.2 Å². The van der Waals surface area contributed by atoms with Gasteiger partial charge in [-0.05, 0) is 63.7 Å². The Bertz CT molecular complexity index is 281. The quantitative estimate of drug-likeness (QED) is 0.724. The predicted molar refractivity (Wildman–Crippen MR) is 69.0 cm³/mol. The number of fused-ring (bicyclic) bond motifs is 2. The molecule has 0 spiro atoms. The molecule has 17 heavy (non-hydrogen) atoms. The second-order valence-corrected chi connectivity index (χ2v) is 6.64. The number of nitrogens with one attached hydrogen (secondary N) is 1. The summed E-state index contributed by atoms with van der Waals surface area (Å²) in [4.78, 5) is 5.58. The molecule has 4 rings (SSSR count). The highest BCUT2D eigenvalue weighted by molar-refractivity contribution is 4.97. The number of nitrogens with zero attached hydrogens (tertiary/aromatic N) is 2. The SMILES string of the molecule is C1CC2CC(N3CC4CNCC4C3)CCN2C1. The molecule has 4 heterocycles. The lowest BCUT2D eigenvalue weighted by Gasteiger charge is -2.39. The molecule has 0 saturated carbocycles. The zero-order valence-electron chi connectivity index (χ0n) is 10.8. The molecule has 4 atom stereocenters. The summed E-state index contributed by atoms with van der Waals surface area (Å²) in [6, 6.07) is 1.85. The molecular weight excluding hydrogens is 210 g/mol. The standard InChI is InChI=1S/C14H25N3/c1-2-13-6-14(3-5-16(13)4-1)17-9-11-7-15-8-12(11)10-17/h11-15H,1-10H2. The largest absolute Gasteiger partial charge is 0.316 e. The zero-order chi connectivity index (χ0) is 11.2. The smallest absolute Gasteiger partial charge is 0.0123 e. The first-order valence-electron chi connectivity index (χ1n) is 7.59. The maximum Gasteiger partial charge on any atom is 0.0123 e. The third kappa shape index (κ3) is 1.83. The third-order valence-electron chi connectivity index (χ3n) is 5.73. The highest BCUT2D eigenvalue weighted by Crippen LogP contribution is 2.34. The van der Waals surface area contributed by atoms with Crippen LogP contribution in [-0.2, 0) is 0 Å². The van der Waals surface area contributed by atoms with Gasteiger partial charge in [-0.25, -0.2) is 0 Å². The van der Waals surface area contributed by atoms with E-state index in [4.69, 9.17) is 0 Å². The zero-order valence-corrected chi connectivity index (χ0v) is 10.8. The van der Waals surface area contributed by atoms with Crippen molar-refractivity contribution >= 4 is 0 Å². The van der Waals surface area contributed by atoms with Crippen LogP contribution in [0.15, 0.2) is 0 Å². The third-order valence-corrected chi connectivity index (χ3v) is 5.73. The van der Waals surface area contributed by atoms with Crippen LogP contribution < -0.4 is 5.32 Å². The van der Waals surface area contributed by atoms with E-state index in [1.54, 1.807) is 0 Å². The number of likely N-dealkylation sites (tertiary alicyclic amines) is 1. The van der Waals surface area contributed by atoms with Crippen molar-refractivity contribution < 1.29 is 0 Å². The molecule has 4 saturated heterocycles. The maximum absolute atomic E-state index is 3.55. The van der Waals surface area contributed by atoms with Gasteiger partial charge in [0.2, 0.25) is 0 Å². The van der Waals surface area contributed by atoms with Crippen LogP contribution in [0.1, 0.15) is 25.7 Å². The van der Waals surface area contributed by atoms with Crippen molar-refractivity contribution in [2.45, 2.75) is 37.8 Å². The summed E-state index contributed by atoms with van der Waals surface area (Å²) in [6.07, 6.45) is 5.82. The Labute approximate surface area is 105 Å². The molecule has 0 aromatic carbocycles. The topological polar surface area (TPSA) is 18.5 Å². The summed E-state index contributed by atoms with van der Waals surface area (Å²) in [7, 11) is 0. The molecule has 4 aliphatic rings. The van der Waals surface area contributed by atoms with E-state index in [0.717, 1.165) is 23.9 Å². The molecule has 0 aromatic heterocycles. The summed E-state index contributed by atoms with van der Waals surface area (Å²) < 4.78 is 0. The molecule has 0 bridgehead atoms. The predicted octanol–water partition coefficient (Wildman–Crippen LogP) is 0.764. The van der Waals surface area contributed by atoms with Gasteiger partial charge >= 0.3 is 0 Å². The number of rotatable bonds is 1. The van der Waals surface area contributed by atoms with Crippen LogP contribution in [0.5, 0.6) is 0 Å². The monoisotopic (exact) mass is 235 g/mol. The molecule has 0 aromatic rings. The van der Waals surface area contributed by atoms with Crippen molar-refractivity contribution in [3.8, 4) is 0 Å². The second-order valence-electron chi connectivity index (χ2n) is 6.64. The van der Waals surface area contributed by atoms with Crippen LogP contribution in [0.3, 0.4) is 0 Å². The molecule has 3 heteroatoms. The van der Waals surface area contributed by atoms with Crippen LogP contribution in [0, 0.1) is 11.8 Å². The highest BCUT2D eigenvalue weighted by Gasteiger charge is 2.41. The Kier molecular flexibility index (Phi) is 2.67. The van der Waals surface area contributed by atoms with Gasteiger partial charge in [0.1, 0.15) is 0 Å². The minimum atomic E-state index is 0.917. The normalized spacial score (nSPS) is 47.3. The highest BCUT2D eigenvalue weighted by atomic mass is 15.3. The Morgan fingerprint density at radius 1 is 0.824 bits per heavy atom. The second kappa shape index (κ2) is 4.22. The molecular formula is C14H25N3. The molecule has 96 valence electrons. The van der Waals surface area contributed by atoms with Crippen molar-refractivity contribution in [2.24, 2.45) is 11.8 Å². The van der Waals surface area contributed by atoms with Gasteiger partial charge in [0.15, 0.2) is 0 Å². The van der Waals surface area contributed by atoms with Crippen LogP contribution in [0.2, 0.25) is 0 Å². The first-order chi connectivity index (χ1) is 8.40. The van der Waals surface area contributed by atoms with Gasteiger partial charge in [-0.15, -0.1) is 0 Å². The van der Waals surface area contributed by atoms with Gasteiger partial charge in [-0.2, -0.15) is 0 Å². The van der Waals surface area contributed by atoms with Crippen LogP contribution in [0.25, 0.3) is 0 Å². The van der Waals surface area contributed by atoms with Gasteiger partial charge in [-0.1, -0.05) is 0 Å². The molecule has 4 aliphatic heterocycles. The van der Waals surface area contributed by atoms with E-state index in [2.05, 4.69) is 15.1 Å². The minimum absolute atomic E-state index is 0.917. The Morgan fingerprint density at radius 3 is 2.41 bits per heavy atom. The van der Waals surface area contributed by atoms with Crippen LogP contribution in [-0.4, -0.2) is 61.2 Å². The Hall–Kier alpha value is -0.120. The lowest BCUT2D eigenvalue weighted by atomic mass is 9.96. The fraction of sp³-hybridized carbons (Fsp3) is 1.00. The fourth-order valence-electron chi connectivity index (χ4n) is 4.72. The lowest BCUT2D eigenvalue weighted by molar-refractivity contribution is 0.0984. The molecule has 1 N–H and O–H groups in total. The summed E-state index contributed by atoms with van der Waals surface area (Å²) in [5.74, 6) is 1.94. The van der Waals surface area contributed by atoms with Gasteiger partial charge in [0.25, 0.3) is 0 Å². The Balaban J connectivity index is 1.39. The lowest BCUT2D eigenvalue weighted by Crippen LogP contribution is -2.47. The molecule has 0 radical (unpaired) electrons. The average molecular weight is 235 g/mol. The van der Waals surface area contributed by atoms with E-state index in [-0.39, 0.29) is 0 Å². The number of hydrogen-bond donors (Lipinski definition) is 1. The fourth-order valence-corrected chi connectivity index (χ4v) is 4.72. The molecule has 4 unspecified atom stereocenters. The average Bonchev–Trinajstić information content (AvgIpc) is 3.02. The van der Waals surface area contributed by atoms with Gasteiger partial charge < -0.3 is 10.2 Å². The van der Waals surface area contributed by atoms with E-state index >= 15 is 0 Å². The minimum Gasteiger partial charge on any atom is -0.316 e. The number of hydrogen-bond acceptors (Lipinski definition) is 3. The van der Waals surface area contributed by atoms with E-state index in [1.807, 2.05) is 0 Å². The molecule has 3 nitrogen and oxygen atoms in total.